The Morgan fingerprint density at radius 1 is 0.615 bits per heavy atom. The van der Waals surface area contributed by atoms with Gasteiger partial charge in [0.2, 0.25) is 0 Å². The molecule has 0 fully saturated rings. The van der Waals surface area contributed by atoms with Crippen LogP contribution in [0.2, 0.25) is 0 Å². The van der Waals surface area contributed by atoms with Crippen LogP contribution in [0.5, 0.6) is 0 Å². The van der Waals surface area contributed by atoms with Crippen LogP contribution in [0.1, 0.15) is 18.1 Å². The Hall–Kier alpha value is -1.66. The largest absolute Gasteiger partial charge is 0.430 e. The molecule has 0 bridgehead atoms. The molecular formula is C13H8F12O. The van der Waals surface area contributed by atoms with Crippen LogP contribution in [0.15, 0.2) is 24.3 Å². The van der Waals surface area contributed by atoms with E-state index in [-0.39, 0.29) is 18.2 Å². The minimum atomic E-state index is -6.46. The Morgan fingerprint density at radius 3 is 1.27 bits per heavy atom. The number of alkyl halides is 12. The number of rotatable bonds is 2. The third-order valence-electron chi connectivity index (χ3n) is 3.81. The summed E-state index contributed by atoms with van der Waals surface area (Å²) in [5, 5.41) is 9.14. The van der Waals surface area contributed by atoms with E-state index in [9.17, 15) is 52.7 Å². The van der Waals surface area contributed by atoms with E-state index in [0.29, 0.717) is 0 Å². The Balaban J connectivity index is 3.80. The summed E-state index contributed by atoms with van der Waals surface area (Å²) in [6, 6.07) is -0.486. The maximum Gasteiger partial charge on any atom is 0.430 e. The van der Waals surface area contributed by atoms with Gasteiger partial charge >= 0.3 is 24.7 Å². The molecule has 1 N–H and O–H groups in total. The van der Waals surface area contributed by atoms with Crippen LogP contribution in [-0.2, 0) is 11.0 Å². The molecule has 0 spiro atoms. The van der Waals surface area contributed by atoms with Crippen LogP contribution in [0, 0.1) is 0 Å². The fourth-order valence-electron chi connectivity index (χ4n) is 2.03. The van der Waals surface area contributed by atoms with Crippen LogP contribution in [0.25, 0.3) is 0 Å². The standard InChI is InChI=1S/C13H8F12O/c1-8(10(14,15)16,11(17,18)19)6-3-2-4-7(5-6)9(26,12(20,21)22)13(23,24)25/h2-5,26H,1H3. The van der Waals surface area contributed by atoms with Crippen molar-refractivity contribution in [2.75, 3.05) is 0 Å². The van der Waals surface area contributed by atoms with Gasteiger partial charge in [0.1, 0.15) is 0 Å². The second-order valence-electron chi connectivity index (χ2n) is 5.41. The fourth-order valence-corrected chi connectivity index (χ4v) is 2.03. The first-order valence-corrected chi connectivity index (χ1v) is 6.31. The highest BCUT2D eigenvalue weighted by Crippen LogP contribution is 2.54. The average molecular weight is 408 g/mol. The van der Waals surface area contributed by atoms with Crippen molar-refractivity contribution in [1.82, 2.24) is 0 Å². The molecule has 0 aromatic heterocycles. The third-order valence-corrected chi connectivity index (χ3v) is 3.81. The summed E-state index contributed by atoms with van der Waals surface area (Å²) in [6.07, 6.45) is -25.1. The first-order valence-electron chi connectivity index (χ1n) is 6.31. The van der Waals surface area contributed by atoms with Gasteiger partial charge in [0.25, 0.3) is 5.60 Å². The first-order chi connectivity index (χ1) is 11.2. The first kappa shape index (κ1) is 22.4. The molecule has 1 aromatic carbocycles. The molecular weight excluding hydrogens is 400 g/mol. The summed E-state index contributed by atoms with van der Waals surface area (Å²) in [5.41, 5.74) is -14.6. The van der Waals surface area contributed by atoms with Gasteiger partial charge in [-0.25, -0.2) is 0 Å². The molecule has 26 heavy (non-hydrogen) atoms. The van der Waals surface area contributed by atoms with Crippen LogP contribution >= 0.6 is 0 Å². The molecule has 1 nitrogen and oxygen atoms in total. The average Bonchev–Trinajstić information content (AvgIpc) is 2.40. The monoisotopic (exact) mass is 408 g/mol. The normalized spacial score (nSPS) is 15.3. The van der Waals surface area contributed by atoms with E-state index >= 15 is 0 Å². The van der Waals surface area contributed by atoms with E-state index in [1.165, 1.54) is 0 Å². The van der Waals surface area contributed by atoms with Gasteiger partial charge < -0.3 is 5.11 Å². The van der Waals surface area contributed by atoms with E-state index in [2.05, 4.69) is 0 Å². The van der Waals surface area contributed by atoms with Crippen molar-refractivity contribution in [2.45, 2.75) is 42.6 Å². The highest BCUT2D eigenvalue weighted by atomic mass is 19.4. The van der Waals surface area contributed by atoms with Gasteiger partial charge in [0, 0.05) is 5.56 Å². The van der Waals surface area contributed by atoms with Gasteiger partial charge in [-0.2, -0.15) is 52.7 Å². The second kappa shape index (κ2) is 5.92. The lowest BCUT2D eigenvalue weighted by atomic mass is 9.78. The molecule has 1 aromatic rings. The maximum atomic E-state index is 13.0. The van der Waals surface area contributed by atoms with Gasteiger partial charge in [0.05, 0.1) is 0 Å². The van der Waals surface area contributed by atoms with Crippen molar-refractivity contribution in [3.63, 3.8) is 0 Å². The molecule has 13 heteroatoms. The van der Waals surface area contributed by atoms with Crippen molar-refractivity contribution in [1.29, 1.82) is 0 Å². The highest BCUT2D eigenvalue weighted by Gasteiger charge is 2.72. The predicted octanol–water partition coefficient (Wildman–Crippen LogP) is 5.38. The topological polar surface area (TPSA) is 20.2 Å². The van der Waals surface area contributed by atoms with Crippen molar-refractivity contribution < 1.29 is 57.8 Å². The van der Waals surface area contributed by atoms with Crippen LogP contribution < -0.4 is 0 Å². The third kappa shape index (κ3) is 3.21. The summed E-state index contributed by atoms with van der Waals surface area (Å²) in [7, 11) is 0. The van der Waals surface area contributed by atoms with Crippen molar-refractivity contribution in [3.8, 4) is 0 Å². The molecule has 1 rings (SSSR count). The zero-order valence-electron chi connectivity index (χ0n) is 12.3. The zero-order valence-corrected chi connectivity index (χ0v) is 12.3. The van der Waals surface area contributed by atoms with Crippen LogP contribution in [0.3, 0.4) is 0 Å². The van der Waals surface area contributed by atoms with Crippen molar-refractivity contribution >= 4 is 0 Å². The van der Waals surface area contributed by atoms with Crippen LogP contribution in [0.4, 0.5) is 52.7 Å². The Labute approximate surface area is 137 Å². The fraction of sp³-hybridized carbons (Fsp3) is 0.538. The van der Waals surface area contributed by atoms with Gasteiger partial charge in [-0.05, 0) is 12.5 Å². The van der Waals surface area contributed by atoms with Crippen molar-refractivity contribution in [3.05, 3.63) is 35.4 Å². The van der Waals surface area contributed by atoms with Crippen LogP contribution in [-0.4, -0.2) is 29.8 Å². The number of hydrogen-bond donors (Lipinski definition) is 1. The van der Waals surface area contributed by atoms with E-state index in [1.54, 1.807) is 0 Å². The lowest BCUT2D eigenvalue weighted by Crippen LogP contribution is -2.55. The minimum absolute atomic E-state index is 0.0671. The molecule has 0 amide bonds. The SMILES string of the molecule is CC(c1cccc(C(O)(C(F)(F)F)C(F)(F)F)c1)(C(F)(F)F)C(F)(F)F. The smallest absolute Gasteiger partial charge is 0.369 e. The molecule has 0 radical (unpaired) electrons. The Kier molecular flexibility index (Phi) is 5.10. The van der Waals surface area contributed by atoms with E-state index in [4.69, 9.17) is 5.11 Å². The van der Waals surface area contributed by atoms with E-state index in [1.807, 2.05) is 0 Å². The maximum absolute atomic E-state index is 13.0. The molecule has 0 atom stereocenters. The molecule has 0 unspecified atom stereocenters. The Morgan fingerprint density at radius 2 is 0.962 bits per heavy atom. The summed E-state index contributed by atoms with van der Waals surface area (Å²) in [4.78, 5) is 0. The van der Waals surface area contributed by atoms with Gasteiger partial charge in [-0.15, -0.1) is 0 Å². The highest BCUT2D eigenvalue weighted by molar-refractivity contribution is 5.37. The lowest BCUT2D eigenvalue weighted by Gasteiger charge is -2.36. The molecule has 0 saturated heterocycles. The summed E-state index contributed by atoms with van der Waals surface area (Å²) < 4.78 is 154. The molecule has 0 heterocycles. The van der Waals surface area contributed by atoms with Crippen molar-refractivity contribution in [2.24, 2.45) is 0 Å². The molecule has 0 aliphatic carbocycles. The number of halogens is 12. The second-order valence-corrected chi connectivity index (χ2v) is 5.41. The zero-order chi connectivity index (χ0) is 21.0. The van der Waals surface area contributed by atoms with Gasteiger partial charge in [-0.3, -0.25) is 0 Å². The number of hydrogen-bond acceptors (Lipinski definition) is 1. The Bertz CT molecular complexity index is 568. The van der Waals surface area contributed by atoms with Gasteiger partial charge in [0.15, 0.2) is 5.41 Å². The summed E-state index contributed by atoms with van der Waals surface area (Å²) in [5.74, 6) is 0. The molecule has 150 valence electrons. The predicted molar refractivity (Wildman–Crippen MR) is 61.9 cm³/mol. The molecule has 0 aliphatic heterocycles. The summed E-state index contributed by atoms with van der Waals surface area (Å²) >= 11 is 0. The lowest BCUT2D eigenvalue weighted by molar-refractivity contribution is -0.376. The quantitative estimate of drug-likeness (QED) is 0.652. The number of aliphatic hydroxyl groups is 1. The van der Waals surface area contributed by atoms with E-state index in [0.717, 1.165) is 0 Å². The van der Waals surface area contributed by atoms with Gasteiger partial charge in [-0.1, -0.05) is 24.3 Å². The minimum Gasteiger partial charge on any atom is -0.369 e. The summed E-state index contributed by atoms with van der Waals surface area (Å²) in [6.45, 7) is -0.438. The molecule has 0 saturated carbocycles. The number of benzene rings is 1. The van der Waals surface area contributed by atoms with E-state index < -0.39 is 59.8 Å². The molecule has 0 aliphatic rings.